The zero-order chi connectivity index (χ0) is 31.0. The standard InChI is InChI=1S/C32H34F3N3O5/c1-41-17-16-38(31(40)27-13-12-25(42-2)18-29(27)43-3)21-30(39)37(20-22-8-10-24(11-9-22)32(33,34)35)15-14-23-19-36-28-7-5-4-6-26(23)28/h4-13,18-19,36H,14-17,20-21H2,1-3H3. The second-order valence-electron chi connectivity index (χ2n) is 9.91. The first-order valence-electron chi connectivity index (χ1n) is 13.6. The highest BCUT2D eigenvalue weighted by Crippen LogP contribution is 2.30. The number of carbonyl (C=O) groups is 2. The third-order valence-electron chi connectivity index (χ3n) is 7.15. The van der Waals surface area contributed by atoms with E-state index in [4.69, 9.17) is 14.2 Å². The molecular formula is C32H34F3N3O5. The van der Waals surface area contributed by atoms with E-state index in [1.807, 2.05) is 30.5 Å². The Kier molecular flexibility index (Phi) is 10.3. The largest absolute Gasteiger partial charge is 0.497 e. The number of para-hydroxylation sites is 1. The van der Waals surface area contributed by atoms with E-state index in [0.717, 1.165) is 28.6 Å². The van der Waals surface area contributed by atoms with Gasteiger partial charge in [0, 0.05) is 49.9 Å². The van der Waals surface area contributed by atoms with Gasteiger partial charge in [-0.25, -0.2) is 0 Å². The van der Waals surface area contributed by atoms with E-state index in [0.29, 0.717) is 23.5 Å². The Morgan fingerprint density at radius 3 is 2.30 bits per heavy atom. The molecule has 0 radical (unpaired) electrons. The van der Waals surface area contributed by atoms with Crippen molar-refractivity contribution >= 4 is 22.7 Å². The lowest BCUT2D eigenvalue weighted by atomic mass is 10.1. The summed E-state index contributed by atoms with van der Waals surface area (Å²) >= 11 is 0. The fourth-order valence-corrected chi connectivity index (χ4v) is 4.77. The van der Waals surface area contributed by atoms with Gasteiger partial charge in [0.15, 0.2) is 0 Å². The van der Waals surface area contributed by atoms with Gasteiger partial charge in [-0.15, -0.1) is 0 Å². The van der Waals surface area contributed by atoms with Crippen LogP contribution in [-0.2, 0) is 28.7 Å². The van der Waals surface area contributed by atoms with Gasteiger partial charge in [0.1, 0.15) is 18.0 Å². The van der Waals surface area contributed by atoms with E-state index in [1.54, 1.807) is 23.1 Å². The molecule has 0 atom stereocenters. The van der Waals surface area contributed by atoms with Crippen molar-refractivity contribution in [3.05, 3.63) is 95.2 Å². The molecule has 3 aromatic carbocycles. The number of nitrogens with one attached hydrogen (secondary N) is 1. The highest BCUT2D eigenvalue weighted by molar-refractivity contribution is 5.99. The van der Waals surface area contributed by atoms with E-state index < -0.39 is 17.6 Å². The maximum atomic E-state index is 13.8. The minimum absolute atomic E-state index is 0.0670. The second kappa shape index (κ2) is 14.1. The Morgan fingerprint density at radius 2 is 1.63 bits per heavy atom. The molecule has 11 heteroatoms. The topological polar surface area (TPSA) is 84.1 Å². The molecule has 1 N–H and O–H groups in total. The minimum Gasteiger partial charge on any atom is -0.497 e. The lowest BCUT2D eigenvalue weighted by molar-refractivity contribution is -0.137. The molecule has 4 aromatic rings. The lowest BCUT2D eigenvalue weighted by Gasteiger charge is -2.28. The summed E-state index contributed by atoms with van der Waals surface area (Å²) in [5.74, 6) is 0.000704. The molecule has 43 heavy (non-hydrogen) atoms. The maximum absolute atomic E-state index is 13.8. The third-order valence-corrected chi connectivity index (χ3v) is 7.15. The van der Waals surface area contributed by atoms with Crippen LogP contribution in [0.15, 0.2) is 72.9 Å². The van der Waals surface area contributed by atoms with Crippen molar-refractivity contribution in [2.24, 2.45) is 0 Å². The summed E-state index contributed by atoms with van der Waals surface area (Å²) in [6, 6.07) is 17.3. The highest BCUT2D eigenvalue weighted by atomic mass is 19.4. The van der Waals surface area contributed by atoms with Gasteiger partial charge in [0.2, 0.25) is 5.91 Å². The summed E-state index contributed by atoms with van der Waals surface area (Å²) in [4.78, 5) is 33.6. The van der Waals surface area contributed by atoms with E-state index in [-0.39, 0.29) is 44.3 Å². The zero-order valence-corrected chi connectivity index (χ0v) is 24.2. The Hall–Kier alpha value is -4.51. The fraction of sp³-hybridized carbons (Fsp3) is 0.312. The van der Waals surface area contributed by atoms with E-state index >= 15 is 0 Å². The smallest absolute Gasteiger partial charge is 0.416 e. The van der Waals surface area contributed by atoms with E-state index in [9.17, 15) is 22.8 Å². The Bertz CT molecular complexity index is 1540. The van der Waals surface area contributed by atoms with Gasteiger partial charge in [0.05, 0.1) is 32.0 Å². The number of hydrogen-bond acceptors (Lipinski definition) is 5. The Morgan fingerprint density at radius 1 is 0.884 bits per heavy atom. The Labute approximate surface area is 247 Å². The van der Waals surface area contributed by atoms with Crippen LogP contribution in [0.3, 0.4) is 0 Å². The summed E-state index contributed by atoms with van der Waals surface area (Å²) in [6.45, 7) is 0.391. The number of halogens is 3. The predicted molar refractivity (Wildman–Crippen MR) is 156 cm³/mol. The quantitative estimate of drug-likeness (QED) is 0.218. The first-order valence-corrected chi connectivity index (χ1v) is 13.6. The van der Waals surface area contributed by atoms with Gasteiger partial charge in [-0.2, -0.15) is 13.2 Å². The average Bonchev–Trinajstić information content (AvgIpc) is 3.43. The number of carbonyl (C=O) groups excluding carboxylic acids is 2. The zero-order valence-electron chi connectivity index (χ0n) is 24.2. The summed E-state index contributed by atoms with van der Waals surface area (Å²) in [7, 11) is 4.44. The molecule has 0 aliphatic rings. The number of aromatic amines is 1. The van der Waals surface area contributed by atoms with E-state index in [2.05, 4.69) is 4.98 Å². The Balaban J connectivity index is 1.59. The van der Waals surface area contributed by atoms with Gasteiger partial charge in [-0.1, -0.05) is 30.3 Å². The summed E-state index contributed by atoms with van der Waals surface area (Å²) < 4.78 is 55.3. The number of H-pyrrole nitrogens is 1. The monoisotopic (exact) mass is 597 g/mol. The van der Waals surface area contributed by atoms with Crippen molar-refractivity contribution in [2.75, 3.05) is 47.6 Å². The number of amides is 2. The van der Waals surface area contributed by atoms with Crippen LogP contribution in [0.5, 0.6) is 11.5 Å². The molecule has 0 bridgehead atoms. The average molecular weight is 598 g/mol. The van der Waals surface area contributed by atoms with Gasteiger partial charge in [-0.05, 0) is 47.9 Å². The summed E-state index contributed by atoms with van der Waals surface area (Å²) in [5, 5.41) is 1.02. The number of nitrogens with zero attached hydrogens (tertiary/aromatic N) is 2. The van der Waals surface area contributed by atoms with Crippen LogP contribution in [0.1, 0.15) is 27.0 Å². The number of methoxy groups -OCH3 is 3. The second-order valence-corrected chi connectivity index (χ2v) is 9.91. The van der Waals surface area contributed by atoms with Crippen molar-refractivity contribution < 1.29 is 37.0 Å². The molecule has 0 aliphatic heterocycles. The minimum atomic E-state index is -4.46. The number of aromatic nitrogens is 1. The van der Waals surface area contributed by atoms with Crippen LogP contribution >= 0.6 is 0 Å². The van der Waals surface area contributed by atoms with Crippen molar-refractivity contribution in [1.82, 2.24) is 14.8 Å². The van der Waals surface area contributed by atoms with Crippen LogP contribution in [0.25, 0.3) is 10.9 Å². The molecule has 1 aromatic heterocycles. The van der Waals surface area contributed by atoms with Crippen LogP contribution in [0, 0.1) is 0 Å². The third kappa shape index (κ3) is 7.86. The normalized spacial score (nSPS) is 11.4. The molecule has 1 heterocycles. The van der Waals surface area contributed by atoms with Crippen LogP contribution in [-0.4, -0.2) is 74.2 Å². The van der Waals surface area contributed by atoms with Gasteiger partial charge >= 0.3 is 6.18 Å². The van der Waals surface area contributed by atoms with Crippen molar-refractivity contribution in [3.63, 3.8) is 0 Å². The molecular weight excluding hydrogens is 563 g/mol. The number of fused-ring (bicyclic) bond motifs is 1. The predicted octanol–water partition coefficient (Wildman–Crippen LogP) is 5.56. The number of ether oxygens (including phenoxy) is 3. The SMILES string of the molecule is COCCN(CC(=O)N(CCc1c[nH]c2ccccc12)Cc1ccc(C(F)(F)F)cc1)C(=O)c1ccc(OC)cc1OC. The number of hydrogen-bond donors (Lipinski definition) is 1. The molecule has 0 unspecified atom stereocenters. The highest BCUT2D eigenvalue weighted by Gasteiger charge is 2.30. The van der Waals surface area contributed by atoms with Crippen molar-refractivity contribution in [2.45, 2.75) is 19.1 Å². The first-order chi connectivity index (χ1) is 20.6. The lowest BCUT2D eigenvalue weighted by Crippen LogP contribution is -2.44. The number of alkyl halides is 3. The molecule has 0 aliphatic carbocycles. The summed E-state index contributed by atoms with van der Waals surface area (Å²) in [5.41, 5.74) is 1.98. The molecule has 228 valence electrons. The van der Waals surface area contributed by atoms with Gasteiger partial charge < -0.3 is 29.0 Å². The van der Waals surface area contributed by atoms with E-state index in [1.165, 1.54) is 38.4 Å². The fourth-order valence-electron chi connectivity index (χ4n) is 4.77. The van der Waals surface area contributed by atoms with Gasteiger partial charge in [-0.3, -0.25) is 9.59 Å². The molecule has 8 nitrogen and oxygen atoms in total. The van der Waals surface area contributed by atoms with Gasteiger partial charge in [0.25, 0.3) is 5.91 Å². The molecule has 0 spiro atoms. The maximum Gasteiger partial charge on any atom is 0.416 e. The first kappa shape index (κ1) is 31.4. The summed E-state index contributed by atoms with van der Waals surface area (Å²) in [6.07, 6.45) is -2.08. The molecule has 0 saturated carbocycles. The van der Waals surface area contributed by atoms with Crippen molar-refractivity contribution in [1.29, 1.82) is 0 Å². The van der Waals surface area contributed by atoms with Crippen LogP contribution < -0.4 is 9.47 Å². The molecule has 2 amide bonds. The van der Waals surface area contributed by atoms with Crippen LogP contribution in [0.4, 0.5) is 13.2 Å². The number of benzene rings is 3. The molecule has 0 saturated heterocycles. The van der Waals surface area contributed by atoms with Crippen LogP contribution in [0.2, 0.25) is 0 Å². The molecule has 4 rings (SSSR count). The van der Waals surface area contributed by atoms with Crippen molar-refractivity contribution in [3.8, 4) is 11.5 Å². The molecule has 0 fully saturated rings. The number of rotatable bonds is 13.